The van der Waals surface area contributed by atoms with Gasteiger partial charge < -0.3 is 5.32 Å². The average molecular weight is 457 g/mol. The molecule has 0 aromatic heterocycles. The molecule has 5 nitrogen and oxygen atoms in total. The van der Waals surface area contributed by atoms with Gasteiger partial charge in [-0.15, -0.1) is 0 Å². The lowest BCUT2D eigenvalue weighted by Gasteiger charge is -2.28. The van der Waals surface area contributed by atoms with Crippen LogP contribution in [0.5, 0.6) is 0 Å². The Morgan fingerprint density at radius 2 is 1.96 bits per heavy atom. The SMILES string of the molecule is CCN(CC)S(=O)(=O)c1ccc(Br)c(C(=O)NC(C)C2CC3CCC2C3)c1. The number of nitrogens with one attached hydrogen (secondary N) is 1. The fourth-order valence-corrected chi connectivity index (χ4v) is 6.76. The molecule has 0 spiro atoms. The maximum absolute atomic E-state index is 12.9. The molecule has 0 radical (unpaired) electrons. The summed E-state index contributed by atoms with van der Waals surface area (Å²) < 4.78 is 27.6. The zero-order chi connectivity index (χ0) is 19.8. The highest BCUT2D eigenvalue weighted by Crippen LogP contribution is 2.49. The van der Waals surface area contributed by atoms with Crippen LogP contribution in [0.15, 0.2) is 27.6 Å². The van der Waals surface area contributed by atoms with Crippen molar-refractivity contribution in [3.8, 4) is 0 Å². The minimum atomic E-state index is -3.59. The first-order valence-corrected chi connectivity index (χ1v) is 12.1. The lowest BCUT2D eigenvalue weighted by molar-refractivity contribution is 0.0914. The van der Waals surface area contributed by atoms with Crippen LogP contribution in [0, 0.1) is 17.8 Å². The van der Waals surface area contributed by atoms with Crippen LogP contribution in [-0.4, -0.2) is 37.8 Å². The number of fused-ring (bicyclic) bond motifs is 2. The Morgan fingerprint density at radius 3 is 2.52 bits per heavy atom. The monoisotopic (exact) mass is 456 g/mol. The average Bonchev–Trinajstić information content (AvgIpc) is 3.26. The lowest BCUT2D eigenvalue weighted by atomic mass is 9.84. The van der Waals surface area contributed by atoms with Crippen LogP contribution in [0.1, 0.15) is 56.8 Å². The number of amides is 1. The minimum absolute atomic E-state index is 0.0998. The first-order valence-electron chi connectivity index (χ1n) is 9.88. The number of carbonyl (C=O) groups is 1. The molecule has 3 rings (SSSR count). The zero-order valence-electron chi connectivity index (χ0n) is 16.2. The predicted octanol–water partition coefficient (Wildman–Crippen LogP) is 4.03. The van der Waals surface area contributed by atoms with E-state index in [-0.39, 0.29) is 16.8 Å². The molecular weight excluding hydrogens is 428 g/mol. The van der Waals surface area contributed by atoms with Gasteiger partial charge in [0.2, 0.25) is 10.0 Å². The fraction of sp³-hybridized carbons (Fsp3) is 0.650. The van der Waals surface area contributed by atoms with Crippen molar-refractivity contribution in [1.82, 2.24) is 9.62 Å². The van der Waals surface area contributed by atoms with Crippen LogP contribution >= 0.6 is 15.9 Å². The van der Waals surface area contributed by atoms with E-state index in [4.69, 9.17) is 0 Å². The molecule has 2 saturated carbocycles. The van der Waals surface area contributed by atoms with Crippen LogP contribution < -0.4 is 5.32 Å². The Bertz CT molecular complexity index is 807. The molecule has 2 aliphatic carbocycles. The van der Waals surface area contributed by atoms with Crippen molar-refractivity contribution in [2.45, 2.75) is 57.4 Å². The summed E-state index contributed by atoms with van der Waals surface area (Å²) >= 11 is 3.41. The summed E-state index contributed by atoms with van der Waals surface area (Å²) in [5.74, 6) is 1.87. The second-order valence-electron chi connectivity index (χ2n) is 7.83. The molecule has 2 fully saturated rings. The number of nitrogens with zero attached hydrogens (tertiary/aromatic N) is 1. The normalized spacial score (nSPS) is 25.7. The molecular formula is C20H29BrN2O3S. The van der Waals surface area contributed by atoms with Crippen LogP contribution in [0.25, 0.3) is 0 Å². The first-order chi connectivity index (χ1) is 12.8. The summed E-state index contributed by atoms with van der Waals surface area (Å²) in [6.45, 7) is 6.50. The summed E-state index contributed by atoms with van der Waals surface area (Å²) in [7, 11) is -3.59. The van der Waals surface area contributed by atoms with E-state index in [2.05, 4.69) is 28.2 Å². The molecule has 4 atom stereocenters. The molecule has 4 unspecified atom stereocenters. The Balaban J connectivity index is 1.78. The topological polar surface area (TPSA) is 66.5 Å². The molecule has 2 aliphatic rings. The van der Waals surface area contributed by atoms with Gasteiger partial charge in [-0.1, -0.05) is 20.3 Å². The van der Waals surface area contributed by atoms with E-state index in [1.807, 2.05) is 13.8 Å². The third kappa shape index (κ3) is 4.10. The molecule has 0 heterocycles. The number of carbonyl (C=O) groups excluding carboxylic acids is 1. The van der Waals surface area contributed by atoms with Gasteiger partial charge in [-0.05, 0) is 78.1 Å². The maximum atomic E-state index is 12.9. The van der Waals surface area contributed by atoms with Crippen molar-refractivity contribution in [1.29, 1.82) is 0 Å². The van der Waals surface area contributed by atoms with Crippen LogP contribution in [-0.2, 0) is 10.0 Å². The molecule has 1 aromatic rings. The zero-order valence-corrected chi connectivity index (χ0v) is 18.6. The molecule has 1 amide bonds. The van der Waals surface area contributed by atoms with Crippen LogP contribution in [0.2, 0.25) is 0 Å². The highest BCUT2D eigenvalue weighted by atomic mass is 79.9. The lowest BCUT2D eigenvalue weighted by Crippen LogP contribution is -2.40. The number of benzene rings is 1. The standard InChI is InChI=1S/C20H29BrN2O3S/c1-4-23(5-2)27(25,26)16-8-9-19(21)18(12-16)20(24)22-13(3)17-11-14-6-7-15(17)10-14/h8-9,12-15,17H,4-7,10-11H2,1-3H3,(H,22,24). The van der Waals surface area contributed by atoms with Gasteiger partial charge in [-0.2, -0.15) is 4.31 Å². The second kappa shape index (κ2) is 8.21. The molecule has 1 N–H and O–H groups in total. The van der Waals surface area contributed by atoms with Gasteiger partial charge in [0.25, 0.3) is 5.91 Å². The summed E-state index contributed by atoms with van der Waals surface area (Å²) in [5, 5.41) is 3.12. The van der Waals surface area contributed by atoms with Gasteiger partial charge in [-0.25, -0.2) is 8.42 Å². The van der Waals surface area contributed by atoms with E-state index in [0.717, 1.165) is 11.8 Å². The van der Waals surface area contributed by atoms with Gasteiger partial charge in [-0.3, -0.25) is 4.79 Å². The van der Waals surface area contributed by atoms with Crippen molar-refractivity contribution in [2.75, 3.05) is 13.1 Å². The molecule has 0 aliphatic heterocycles. The predicted molar refractivity (Wildman–Crippen MR) is 110 cm³/mol. The van der Waals surface area contributed by atoms with E-state index in [1.165, 1.54) is 36.1 Å². The van der Waals surface area contributed by atoms with Crippen molar-refractivity contribution in [3.63, 3.8) is 0 Å². The van der Waals surface area contributed by atoms with E-state index in [1.54, 1.807) is 12.1 Å². The highest BCUT2D eigenvalue weighted by Gasteiger charge is 2.42. The Kier molecular flexibility index (Phi) is 6.33. The van der Waals surface area contributed by atoms with E-state index < -0.39 is 10.0 Å². The van der Waals surface area contributed by atoms with E-state index in [9.17, 15) is 13.2 Å². The number of rotatable bonds is 7. The molecule has 7 heteroatoms. The summed E-state index contributed by atoms with van der Waals surface area (Å²) in [6.07, 6.45) is 5.10. The Hall–Kier alpha value is -0.920. The Labute approximate surface area is 171 Å². The Morgan fingerprint density at radius 1 is 1.26 bits per heavy atom. The fourth-order valence-electron chi connectivity index (χ4n) is 4.85. The summed E-state index contributed by atoms with van der Waals surface area (Å²) in [6, 6.07) is 4.78. The van der Waals surface area contributed by atoms with E-state index in [0.29, 0.717) is 29.0 Å². The smallest absolute Gasteiger partial charge is 0.252 e. The molecule has 2 bridgehead atoms. The summed E-state index contributed by atoms with van der Waals surface area (Å²) in [4.78, 5) is 13.0. The van der Waals surface area contributed by atoms with Gasteiger partial charge in [0.15, 0.2) is 0 Å². The number of hydrogen-bond acceptors (Lipinski definition) is 3. The molecule has 27 heavy (non-hydrogen) atoms. The molecule has 1 aromatic carbocycles. The van der Waals surface area contributed by atoms with Crippen LogP contribution in [0.4, 0.5) is 0 Å². The minimum Gasteiger partial charge on any atom is -0.349 e. The van der Waals surface area contributed by atoms with Crippen molar-refractivity contribution in [2.24, 2.45) is 17.8 Å². The second-order valence-corrected chi connectivity index (χ2v) is 10.6. The third-order valence-electron chi connectivity index (χ3n) is 6.32. The first kappa shape index (κ1) is 20.8. The van der Waals surface area contributed by atoms with Gasteiger partial charge in [0.1, 0.15) is 0 Å². The maximum Gasteiger partial charge on any atom is 0.252 e. The van der Waals surface area contributed by atoms with Crippen molar-refractivity contribution >= 4 is 31.9 Å². The van der Waals surface area contributed by atoms with Crippen molar-refractivity contribution < 1.29 is 13.2 Å². The number of hydrogen-bond donors (Lipinski definition) is 1. The van der Waals surface area contributed by atoms with Crippen molar-refractivity contribution in [3.05, 3.63) is 28.2 Å². The molecule has 0 saturated heterocycles. The largest absolute Gasteiger partial charge is 0.349 e. The summed E-state index contributed by atoms with van der Waals surface area (Å²) in [5.41, 5.74) is 0.373. The van der Waals surface area contributed by atoms with Crippen LogP contribution in [0.3, 0.4) is 0 Å². The van der Waals surface area contributed by atoms with E-state index >= 15 is 0 Å². The molecule has 150 valence electrons. The number of sulfonamides is 1. The highest BCUT2D eigenvalue weighted by molar-refractivity contribution is 9.10. The van der Waals surface area contributed by atoms with Gasteiger partial charge in [0.05, 0.1) is 10.5 Å². The number of halogens is 1. The quantitative estimate of drug-likeness (QED) is 0.672. The van der Waals surface area contributed by atoms with Gasteiger partial charge in [0, 0.05) is 23.6 Å². The third-order valence-corrected chi connectivity index (χ3v) is 9.06. The van der Waals surface area contributed by atoms with Gasteiger partial charge >= 0.3 is 0 Å².